The first-order valence-corrected chi connectivity index (χ1v) is 6.74. The number of hydrogen-bond donors (Lipinski definition) is 0. The van der Waals surface area contributed by atoms with Crippen molar-refractivity contribution >= 4 is 5.57 Å². The lowest BCUT2D eigenvalue weighted by Gasteiger charge is -2.03. The molecule has 0 heterocycles. The van der Waals surface area contributed by atoms with Crippen LogP contribution in [0.15, 0.2) is 42.5 Å². The topological polar surface area (TPSA) is 0 Å². The minimum atomic E-state index is 0.867. The molecule has 17 heavy (non-hydrogen) atoms. The van der Waals surface area contributed by atoms with Crippen LogP contribution in [0.1, 0.15) is 44.2 Å². The third kappa shape index (κ3) is 3.89. The second kappa shape index (κ2) is 5.86. The van der Waals surface area contributed by atoms with E-state index in [1.165, 1.54) is 42.4 Å². The Morgan fingerprint density at radius 3 is 2.53 bits per heavy atom. The fourth-order valence-electron chi connectivity index (χ4n) is 1.96. The van der Waals surface area contributed by atoms with E-state index in [1.54, 1.807) is 0 Å². The average Bonchev–Trinajstić information content (AvgIpc) is 3.14. The van der Waals surface area contributed by atoms with Crippen molar-refractivity contribution in [3.05, 3.63) is 53.6 Å². The van der Waals surface area contributed by atoms with Crippen molar-refractivity contribution in [3.8, 4) is 0 Å². The molecule has 0 spiro atoms. The van der Waals surface area contributed by atoms with E-state index in [0.717, 1.165) is 5.92 Å². The Balaban J connectivity index is 1.99. The second-order valence-electron chi connectivity index (χ2n) is 5.02. The summed E-state index contributed by atoms with van der Waals surface area (Å²) in [6, 6.07) is 8.98. The highest BCUT2D eigenvalue weighted by molar-refractivity contribution is 5.65. The Kier molecular flexibility index (Phi) is 4.19. The Morgan fingerprint density at radius 1 is 1.24 bits per heavy atom. The van der Waals surface area contributed by atoms with Crippen LogP contribution in [-0.4, -0.2) is 0 Å². The molecule has 0 bridgehead atoms. The third-order valence-corrected chi connectivity index (χ3v) is 3.30. The van der Waals surface area contributed by atoms with E-state index >= 15 is 0 Å². The van der Waals surface area contributed by atoms with Crippen LogP contribution in [-0.2, 0) is 6.42 Å². The van der Waals surface area contributed by atoms with Gasteiger partial charge in [0.05, 0.1) is 0 Å². The Morgan fingerprint density at radius 2 is 1.94 bits per heavy atom. The fraction of sp³-hybridized carbons (Fsp3) is 0.412. The number of allylic oxidation sites excluding steroid dienone is 4. The molecular formula is C17H22. The lowest BCUT2D eigenvalue weighted by Crippen LogP contribution is -1.84. The zero-order valence-electron chi connectivity index (χ0n) is 10.9. The molecule has 0 aromatic heterocycles. The van der Waals surface area contributed by atoms with Gasteiger partial charge < -0.3 is 0 Å². The van der Waals surface area contributed by atoms with E-state index in [2.05, 4.69) is 56.3 Å². The monoisotopic (exact) mass is 226 g/mol. The number of benzene rings is 1. The van der Waals surface area contributed by atoms with Crippen molar-refractivity contribution in [1.29, 1.82) is 0 Å². The second-order valence-corrected chi connectivity index (χ2v) is 5.02. The molecule has 1 aliphatic rings. The molecule has 0 aliphatic heterocycles. The van der Waals surface area contributed by atoms with Crippen LogP contribution in [0, 0.1) is 5.92 Å². The molecule has 1 fully saturated rings. The molecule has 1 aromatic rings. The van der Waals surface area contributed by atoms with Crippen molar-refractivity contribution in [2.24, 2.45) is 5.92 Å². The van der Waals surface area contributed by atoms with Gasteiger partial charge in [0.25, 0.3) is 0 Å². The van der Waals surface area contributed by atoms with Gasteiger partial charge in [0.2, 0.25) is 0 Å². The summed E-state index contributed by atoms with van der Waals surface area (Å²) in [5.41, 5.74) is 4.13. The van der Waals surface area contributed by atoms with Crippen molar-refractivity contribution in [3.63, 3.8) is 0 Å². The van der Waals surface area contributed by atoms with Crippen LogP contribution >= 0.6 is 0 Å². The van der Waals surface area contributed by atoms with E-state index in [4.69, 9.17) is 0 Å². The van der Waals surface area contributed by atoms with E-state index in [1.807, 2.05) is 0 Å². The molecule has 0 radical (unpaired) electrons. The third-order valence-electron chi connectivity index (χ3n) is 3.30. The lowest BCUT2D eigenvalue weighted by molar-refractivity contribution is 0.922. The number of aryl methyl sites for hydroxylation is 1. The Bertz CT molecular complexity index is 402. The number of hydrogen-bond acceptors (Lipinski definition) is 0. The molecule has 0 saturated heterocycles. The predicted octanol–water partition coefficient (Wildman–Crippen LogP) is 5.01. The first-order chi connectivity index (χ1) is 8.29. The van der Waals surface area contributed by atoms with Crippen molar-refractivity contribution in [2.45, 2.75) is 39.5 Å². The van der Waals surface area contributed by atoms with Gasteiger partial charge in [-0.15, -0.1) is 0 Å². The van der Waals surface area contributed by atoms with Gasteiger partial charge >= 0.3 is 0 Å². The van der Waals surface area contributed by atoms with Crippen LogP contribution < -0.4 is 0 Å². The molecule has 2 rings (SSSR count). The maximum absolute atomic E-state index is 2.33. The molecule has 1 saturated carbocycles. The molecule has 1 aliphatic carbocycles. The summed E-state index contributed by atoms with van der Waals surface area (Å²) in [6.07, 6.45) is 11.9. The lowest BCUT2D eigenvalue weighted by atomic mass is 10.0. The van der Waals surface area contributed by atoms with Crippen LogP contribution in [0.2, 0.25) is 0 Å². The molecule has 1 aromatic carbocycles. The minimum absolute atomic E-state index is 0.867. The SMILES string of the molecule is CCCc1ccc(/C(C)=C/C=C\C2CC2)cc1. The normalized spacial score (nSPS) is 16.7. The van der Waals surface area contributed by atoms with E-state index in [-0.39, 0.29) is 0 Å². The Hall–Kier alpha value is -1.30. The fourth-order valence-corrected chi connectivity index (χ4v) is 1.96. The van der Waals surface area contributed by atoms with E-state index in [0.29, 0.717) is 0 Å². The maximum atomic E-state index is 2.33. The Labute approximate surface area is 105 Å². The van der Waals surface area contributed by atoms with Gasteiger partial charge in [-0.25, -0.2) is 0 Å². The van der Waals surface area contributed by atoms with Gasteiger partial charge in [0.1, 0.15) is 0 Å². The minimum Gasteiger partial charge on any atom is -0.0814 e. The summed E-state index contributed by atoms with van der Waals surface area (Å²) in [4.78, 5) is 0. The van der Waals surface area contributed by atoms with Crippen LogP contribution in [0.3, 0.4) is 0 Å². The highest BCUT2D eigenvalue weighted by atomic mass is 14.2. The van der Waals surface area contributed by atoms with E-state index in [9.17, 15) is 0 Å². The molecule has 0 atom stereocenters. The number of rotatable bonds is 5. The summed E-state index contributed by atoms with van der Waals surface area (Å²) in [5, 5.41) is 0. The molecule has 0 heteroatoms. The van der Waals surface area contributed by atoms with Crippen molar-refractivity contribution in [2.75, 3.05) is 0 Å². The molecule has 90 valence electrons. The first-order valence-electron chi connectivity index (χ1n) is 6.74. The van der Waals surface area contributed by atoms with Crippen LogP contribution in [0.4, 0.5) is 0 Å². The standard InChI is InChI=1S/C17H22/c1-3-5-15-10-12-17(13-11-15)14(2)6-4-7-16-8-9-16/h4,6-7,10-13,16H,3,5,8-9H2,1-2H3/b7-4-,14-6+. The van der Waals surface area contributed by atoms with Gasteiger partial charge in [0, 0.05) is 0 Å². The summed E-state index contributed by atoms with van der Waals surface area (Å²) in [6.45, 7) is 4.41. The summed E-state index contributed by atoms with van der Waals surface area (Å²) < 4.78 is 0. The van der Waals surface area contributed by atoms with Gasteiger partial charge in [-0.3, -0.25) is 0 Å². The van der Waals surface area contributed by atoms with Crippen molar-refractivity contribution < 1.29 is 0 Å². The molecule has 0 nitrogen and oxygen atoms in total. The highest BCUT2D eigenvalue weighted by Crippen LogP contribution is 2.30. The predicted molar refractivity (Wildman–Crippen MR) is 76.0 cm³/mol. The van der Waals surface area contributed by atoms with E-state index < -0.39 is 0 Å². The summed E-state index contributed by atoms with van der Waals surface area (Å²) >= 11 is 0. The highest BCUT2D eigenvalue weighted by Gasteiger charge is 2.16. The van der Waals surface area contributed by atoms with Crippen molar-refractivity contribution in [1.82, 2.24) is 0 Å². The zero-order chi connectivity index (χ0) is 12.1. The van der Waals surface area contributed by atoms with Gasteiger partial charge in [-0.05, 0) is 48.8 Å². The zero-order valence-corrected chi connectivity index (χ0v) is 10.9. The molecule has 0 amide bonds. The molecular weight excluding hydrogens is 204 g/mol. The van der Waals surface area contributed by atoms with Crippen LogP contribution in [0.25, 0.3) is 5.57 Å². The summed E-state index contributed by atoms with van der Waals surface area (Å²) in [5.74, 6) is 0.867. The van der Waals surface area contributed by atoms with Gasteiger partial charge in [0.15, 0.2) is 0 Å². The first kappa shape index (κ1) is 12.2. The van der Waals surface area contributed by atoms with Crippen LogP contribution in [0.5, 0.6) is 0 Å². The average molecular weight is 226 g/mol. The largest absolute Gasteiger partial charge is 0.0814 e. The summed E-state index contributed by atoms with van der Waals surface area (Å²) in [7, 11) is 0. The maximum Gasteiger partial charge on any atom is -0.0227 e. The molecule has 0 unspecified atom stereocenters. The quantitative estimate of drug-likeness (QED) is 0.619. The van der Waals surface area contributed by atoms with Gasteiger partial charge in [-0.1, -0.05) is 55.8 Å². The van der Waals surface area contributed by atoms with Gasteiger partial charge in [-0.2, -0.15) is 0 Å². The molecule has 0 N–H and O–H groups in total. The smallest absolute Gasteiger partial charge is 0.0227 e.